The second-order valence-corrected chi connectivity index (χ2v) is 5.36. The van der Waals surface area contributed by atoms with Gasteiger partial charge in [0.2, 0.25) is 0 Å². The van der Waals surface area contributed by atoms with Crippen LogP contribution in [-0.4, -0.2) is 35.2 Å². The van der Waals surface area contributed by atoms with Crippen molar-refractivity contribution in [1.82, 2.24) is 4.90 Å². The number of aliphatic hydroxyl groups is 1. The van der Waals surface area contributed by atoms with Crippen LogP contribution in [0, 0.1) is 5.92 Å². The molecule has 0 aromatic carbocycles. The van der Waals surface area contributed by atoms with Crippen molar-refractivity contribution in [3.63, 3.8) is 0 Å². The first-order chi connectivity index (χ1) is 7.29. The molecule has 0 aromatic rings. The van der Waals surface area contributed by atoms with E-state index in [2.05, 4.69) is 11.8 Å². The molecule has 0 bridgehead atoms. The second kappa shape index (κ2) is 5.31. The van der Waals surface area contributed by atoms with Crippen molar-refractivity contribution in [3.05, 3.63) is 0 Å². The van der Waals surface area contributed by atoms with Crippen molar-refractivity contribution in [3.8, 4) is 0 Å². The maximum absolute atomic E-state index is 10.0. The van der Waals surface area contributed by atoms with E-state index >= 15 is 0 Å². The highest BCUT2D eigenvalue weighted by atomic mass is 16.3. The second-order valence-electron chi connectivity index (χ2n) is 5.36. The predicted molar refractivity (Wildman–Crippen MR) is 62.9 cm³/mol. The molecule has 1 unspecified atom stereocenters. The van der Waals surface area contributed by atoms with Crippen LogP contribution in [0.1, 0.15) is 51.9 Å². The molecule has 2 fully saturated rings. The molecule has 0 spiro atoms. The van der Waals surface area contributed by atoms with Gasteiger partial charge < -0.3 is 5.11 Å². The van der Waals surface area contributed by atoms with E-state index in [0.29, 0.717) is 0 Å². The van der Waals surface area contributed by atoms with E-state index in [1.807, 2.05) is 0 Å². The Morgan fingerprint density at radius 2 is 1.87 bits per heavy atom. The molecule has 2 saturated carbocycles. The fourth-order valence-electron chi connectivity index (χ4n) is 2.95. The van der Waals surface area contributed by atoms with Gasteiger partial charge in [-0.25, -0.2) is 0 Å². The summed E-state index contributed by atoms with van der Waals surface area (Å²) in [6, 6.07) is 0.799. The third-order valence-electron chi connectivity index (χ3n) is 3.99. The third-order valence-corrected chi connectivity index (χ3v) is 3.99. The quantitative estimate of drug-likeness (QED) is 0.729. The van der Waals surface area contributed by atoms with E-state index in [4.69, 9.17) is 0 Å². The van der Waals surface area contributed by atoms with Gasteiger partial charge in [0.25, 0.3) is 0 Å². The van der Waals surface area contributed by atoms with E-state index in [-0.39, 0.29) is 6.10 Å². The average molecular weight is 211 g/mol. The normalized spacial score (nSPS) is 25.0. The van der Waals surface area contributed by atoms with Gasteiger partial charge >= 0.3 is 0 Å². The Hall–Kier alpha value is -0.0800. The van der Waals surface area contributed by atoms with Gasteiger partial charge in [-0.15, -0.1) is 0 Å². The van der Waals surface area contributed by atoms with Gasteiger partial charge in [-0.3, -0.25) is 4.90 Å². The number of nitrogens with zero attached hydrogens (tertiary/aromatic N) is 1. The molecule has 88 valence electrons. The molecule has 15 heavy (non-hydrogen) atoms. The van der Waals surface area contributed by atoms with Crippen LogP contribution >= 0.6 is 0 Å². The minimum atomic E-state index is -0.0753. The Kier molecular flexibility index (Phi) is 4.04. The standard InChI is InChI=1S/C13H25NO/c1-2-14(12-7-8-12)10-13(15)9-11-5-3-4-6-11/h11-13,15H,2-10H2,1H3. The predicted octanol–water partition coefficient (Wildman–Crippen LogP) is 2.41. The van der Waals surface area contributed by atoms with E-state index in [0.717, 1.165) is 31.5 Å². The molecule has 0 aliphatic heterocycles. The molecule has 2 aliphatic rings. The van der Waals surface area contributed by atoms with Gasteiger partial charge in [-0.05, 0) is 31.7 Å². The largest absolute Gasteiger partial charge is 0.392 e. The molecular formula is C13H25NO. The molecule has 0 heterocycles. The van der Waals surface area contributed by atoms with Gasteiger partial charge in [0.05, 0.1) is 6.10 Å². The minimum Gasteiger partial charge on any atom is -0.392 e. The zero-order valence-corrected chi connectivity index (χ0v) is 9.99. The van der Waals surface area contributed by atoms with E-state index in [1.165, 1.54) is 38.5 Å². The first-order valence-electron chi connectivity index (χ1n) is 6.71. The Morgan fingerprint density at radius 1 is 1.20 bits per heavy atom. The molecule has 2 rings (SSSR count). The fourth-order valence-corrected chi connectivity index (χ4v) is 2.95. The molecule has 2 nitrogen and oxygen atoms in total. The number of aliphatic hydroxyl groups excluding tert-OH is 1. The summed E-state index contributed by atoms with van der Waals surface area (Å²) in [5.74, 6) is 0.818. The molecule has 2 heteroatoms. The Balaban J connectivity index is 1.67. The van der Waals surface area contributed by atoms with Crippen LogP contribution in [0.5, 0.6) is 0 Å². The average Bonchev–Trinajstić information content (AvgIpc) is 2.95. The maximum atomic E-state index is 10.0. The van der Waals surface area contributed by atoms with Gasteiger partial charge in [0, 0.05) is 12.6 Å². The summed E-state index contributed by atoms with van der Waals surface area (Å²) in [7, 11) is 0. The van der Waals surface area contributed by atoms with Gasteiger partial charge in [0.1, 0.15) is 0 Å². The molecule has 0 radical (unpaired) electrons. The lowest BCUT2D eigenvalue weighted by molar-refractivity contribution is 0.0900. The number of rotatable bonds is 6. The lowest BCUT2D eigenvalue weighted by Crippen LogP contribution is -2.34. The van der Waals surface area contributed by atoms with Gasteiger partial charge in [-0.1, -0.05) is 32.6 Å². The van der Waals surface area contributed by atoms with Crippen molar-refractivity contribution in [2.75, 3.05) is 13.1 Å². The number of likely N-dealkylation sites (N-methyl/N-ethyl adjacent to an activating group) is 1. The van der Waals surface area contributed by atoms with Crippen LogP contribution in [0.25, 0.3) is 0 Å². The molecule has 1 N–H and O–H groups in total. The van der Waals surface area contributed by atoms with Crippen LogP contribution in [-0.2, 0) is 0 Å². The third kappa shape index (κ3) is 3.46. The molecule has 2 aliphatic carbocycles. The van der Waals surface area contributed by atoms with Crippen LogP contribution in [0.3, 0.4) is 0 Å². The lowest BCUT2D eigenvalue weighted by atomic mass is 10.00. The summed E-state index contributed by atoms with van der Waals surface area (Å²) in [6.07, 6.45) is 9.15. The monoisotopic (exact) mass is 211 g/mol. The highest BCUT2D eigenvalue weighted by molar-refractivity contribution is 4.85. The minimum absolute atomic E-state index is 0.0753. The summed E-state index contributed by atoms with van der Waals surface area (Å²) >= 11 is 0. The summed E-state index contributed by atoms with van der Waals surface area (Å²) in [5, 5.41) is 10.0. The van der Waals surface area contributed by atoms with Gasteiger partial charge in [0.15, 0.2) is 0 Å². The van der Waals surface area contributed by atoms with Crippen molar-refractivity contribution in [1.29, 1.82) is 0 Å². The van der Waals surface area contributed by atoms with Crippen molar-refractivity contribution in [2.45, 2.75) is 64.0 Å². The highest BCUT2D eigenvalue weighted by Gasteiger charge is 2.29. The number of hydrogen-bond donors (Lipinski definition) is 1. The fraction of sp³-hybridized carbons (Fsp3) is 1.00. The summed E-state index contributed by atoms with van der Waals surface area (Å²) in [5.41, 5.74) is 0. The molecule has 0 amide bonds. The molecule has 1 atom stereocenters. The summed E-state index contributed by atoms with van der Waals surface area (Å²) in [4.78, 5) is 2.46. The SMILES string of the molecule is CCN(CC(O)CC1CCCC1)C1CC1. The van der Waals surface area contributed by atoms with E-state index < -0.39 is 0 Å². The van der Waals surface area contributed by atoms with Crippen LogP contribution in [0.15, 0.2) is 0 Å². The topological polar surface area (TPSA) is 23.5 Å². The van der Waals surface area contributed by atoms with Crippen LogP contribution in [0.4, 0.5) is 0 Å². The number of hydrogen-bond acceptors (Lipinski definition) is 2. The van der Waals surface area contributed by atoms with Crippen molar-refractivity contribution in [2.24, 2.45) is 5.92 Å². The molecule has 0 saturated heterocycles. The zero-order valence-electron chi connectivity index (χ0n) is 9.99. The summed E-state index contributed by atoms with van der Waals surface area (Å²) in [6.45, 7) is 4.23. The highest BCUT2D eigenvalue weighted by Crippen LogP contribution is 2.30. The van der Waals surface area contributed by atoms with Crippen LogP contribution in [0.2, 0.25) is 0 Å². The van der Waals surface area contributed by atoms with Gasteiger partial charge in [-0.2, -0.15) is 0 Å². The first-order valence-corrected chi connectivity index (χ1v) is 6.71. The Morgan fingerprint density at radius 3 is 2.40 bits per heavy atom. The van der Waals surface area contributed by atoms with Crippen molar-refractivity contribution >= 4 is 0 Å². The van der Waals surface area contributed by atoms with Crippen LogP contribution < -0.4 is 0 Å². The Labute approximate surface area is 93.7 Å². The zero-order chi connectivity index (χ0) is 10.7. The molecular weight excluding hydrogens is 186 g/mol. The first kappa shape index (κ1) is 11.4. The van der Waals surface area contributed by atoms with Crippen molar-refractivity contribution < 1.29 is 5.11 Å². The smallest absolute Gasteiger partial charge is 0.0669 e. The summed E-state index contributed by atoms with van der Waals surface area (Å²) < 4.78 is 0. The Bertz CT molecular complexity index is 185. The molecule has 0 aromatic heterocycles. The lowest BCUT2D eigenvalue weighted by Gasteiger charge is -2.24. The van der Waals surface area contributed by atoms with E-state index in [9.17, 15) is 5.11 Å². The van der Waals surface area contributed by atoms with E-state index in [1.54, 1.807) is 0 Å². The maximum Gasteiger partial charge on any atom is 0.0669 e.